The van der Waals surface area contributed by atoms with Crippen molar-refractivity contribution in [3.05, 3.63) is 29.3 Å². The summed E-state index contributed by atoms with van der Waals surface area (Å²) >= 11 is 0. The normalized spacial score (nSPS) is 17.9. The van der Waals surface area contributed by atoms with Gasteiger partial charge in [-0.2, -0.15) is 0 Å². The molecule has 31 heavy (non-hydrogen) atoms. The van der Waals surface area contributed by atoms with Gasteiger partial charge in [-0.1, -0.05) is 26.0 Å². The fraction of sp³-hybridized carbons (Fsp3) is 0.760. The van der Waals surface area contributed by atoms with Crippen LogP contribution in [0.4, 0.5) is 5.69 Å². The Balaban J connectivity index is 1.92. The van der Waals surface area contributed by atoms with E-state index in [1.807, 2.05) is 0 Å². The Morgan fingerprint density at radius 3 is 2.23 bits per heavy atom. The lowest BCUT2D eigenvalue weighted by Gasteiger charge is -2.48. The van der Waals surface area contributed by atoms with Gasteiger partial charge >= 0.3 is 0 Å². The van der Waals surface area contributed by atoms with Gasteiger partial charge in [0.15, 0.2) is 0 Å². The monoisotopic (exact) mass is 437 g/mol. The summed E-state index contributed by atoms with van der Waals surface area (Å²) in [6, 6.07) is 6.94. The Morgan fingerprint density at radius 1 is 0.968 bits per heavy atom. The molecule has 2 N–H and O–H groups in total. The van der Waals surface area contributed by atoms with Gasteiger partial charge in [0.1, 0.15) is 0 Å². The highest BCUT2D eigenvalue weighted by Gasteiger charge is 2.37. The quantitative estimate of drug-likeness (QED) is 0.408. The second-order valence-electron chi connectivity index (χ2n) is 9.26. The zero-order valence-corrected chi connectivity index (χ0v) is 19.9. The smallest absolute Gasteiger partial charge is 0.0701 e. The molecule has 6 nitrogen and oxygen atoms in total. The number of hydrogen-bond acceptors (Lipinski definition) is 6. The van der Waals surface area contributed by atoms with Crippen molar-refractivity contribution in [2.45, 2.75) is 64.3 Å². The van der Waals surface area contributed by atoms with E-state index in [0.29, 0.717) is 51.5 Å². The first-order valence-corrected chi connectivity index (χ1v) is 11.8. The van der Waals surface area contributed by atoms with E-state index in [1.165, 1.54) is 16.8 Å². The summed E-state index contributed by atoms with van der Waals surface area (Å²) in [7, 11) is 0. The van der Waals surface area contributed by atoms with Crippen LogP contribution in [0.2, 0.25) is 0 Å². The molecule has 1 aromatic rings. The largest absolute Gasteiger partial charge is 0.396 e. The first-order chi connectivity index (χ1) is 14.9. The molecular formula is C25H43NO5. The Morgan fingerprint density at radius 2 is 1.61 bits per heavy atom. The summed E-state index contributed by atoms with van der Waals surface area (Å²) in [6.07, 6.45) is 2.85. The van der Waals surface area contributed by atoms with Crippen molar-refractivity contribution in [3.8, 4) is 0 Å². The predicted molar refractivity (Wildman–Crippen MR) is 125 cm³/mol. The second-order valence-corrected chi connectivity index (χ2v) is 9.26. The SMILES string of the molecule is CC(C)c1ccc2c(c1)N(CCCO)C(C)(C)CC2CCOCCOCCOCCO. The minimum Gasteiger partial charge on any atom is -0.396 e. The number of aliphatic hydroxyl groups excluding tert-OH is 2. The summed E-state index contributed by atoms with van der Waals surface area (Å²) < 4.78 is 16.5. The van der Waals surface area contributed by atoms with Gasteiger partial charge < -0.3 is 29.3 Å². The van der Waals surface area contributed by atoms with Crippen LogP contribution in [-0.4, -0.2) is 75.2 Å². The van der Waals surface area contributed by atoms with Crippen LogP contribution in [0.25, 0.3) is 0 Å². The summed E-state index contributed by atoms with van der Waals surface area (Å²) in [5, 5.41) is 18.1. The van der Waals surface area contributed by atoms with Crippen molar-refractivity contribution >= 4 is 5.69 Å². The molecule has 1 aromatic carbocycles. The van der Waals surface area contributed by atoms with Crippen LogP contribution < -0.4 is 4.90 Å². The maximum Gasteiger partial charge on any atom is 0.0701 e. The van der Waals surface area contributed by atoms with Crippen LogP contribution in [0.3, 0.4) is 0 Å². The first kappa shape index (κ1) is 26.1. The maximum absolute atomic E-state index is 9.40. The fourth-order valence-corrected chi connectivity index (χ4v) is 4.39. The minimum absolute atomic E-state index is 0.0418. The molecule has 0 saturated carbocycles. The molecule has 1 aliphatic rings. The Bertz CT molecular complexity index is 634. The van der Waals surface area contributed by atoms with Gasteiger partial charge in [-0.25, -0.2) is 0 Å². The molecule has 0 amide bonds. The number of benzene rings is 1. The molecule has 0 spiro atoms. The molecular weight excluding hydrogens is 394 g/mol. The average molecular weight is 438 g/mol. The highest BCUT2D eigenvalue weighted by Crippen LogP contribution is 2.45. The van der Waals surface area contributed by atoms with Crippen molar-refractivity contribution in [2.24, 2.45) is 0 Å². The number of anilines is 1. The molecule has 6 heteroatoms. The standard InChI is InChI=1S/C25H43NO5/c1-20(2)21-6-7-23-22(8-12-29-14-16-31-17-15-30-13-11-28)19-25(3,4)26(9-5-10-27)24(23)18-21/h6-7,18,20,22,27-28H,5,8-17,19H2,1-4H3. The third-order valence-electron chi connectivity index (χ3n) is 6.06. The molecule has 1 aliphatic heterocycles. The second kappa shape index (κ2) is 13.4. The third kappa shape index (κ3) is 8.03. The van der Waals surface area contributed by atoms with Gasteiger partial charge in [-0.05, 0) is 62.1 Å². The van der Waals surface area contributed by atoms with E-state index in [0.717, 1.165) is 25.8 Å². The fourth-order valence-electron chi connectivity index (χ4n) is 4.39. The molecule has 0 saturated heterocycles. The minimum atomic E-state index is 0.0418. The molecule has 0 aromatic heterocycles. The lowest BCUT2D eigenvalue weighted by molar-refractivity contribution is 0.00649. The first-order valence-electron chi connectivity index (χ1n) is 11.8. The lowest BCUT2D eigenvalue weighted by Crippen LogP contribution is -2.49. The van der Waals surface area contributed by atoms with Gasteiger partial charge in [-0.15, -0.1) is 0 Å². The van der Waals surface area contributed by atoms with E-state index in [2.05, 4.69) is 50.8 Å². The van der Waals surface area contributed by atoms with E-state index in [-0.39, 0.29) is 18.8 Å². The maximum atomic E-state index is 9.40. The Hall–Kier alpha value is -1.18. The average Bonchev–Trinajstić information content (AvgIpc) is 2.73. The number of rotatable bonds is 15. The summed E-state index contributed by atoms with van der Waals surface area (Å²) in [4.78, 5) is 2.49. The summed E-state index contributed by atoms with van der Waals surface area (Å²) in [6.45, 7) is 13.5. The summed E-state index contributed by atoms with van der Waals surface area (Å²) in [5.74, 6) is 0.954. The lowest BCUT2D eigenvalue weighted by atomic mass is 9.77. The molecule has 0 aliphatic carbocycles. The van der Waals surface area contributed by atoms with Crippen LogP contribution in [0.5, 0.6) is 0 Å². The molecule has 1 unspecified atom stereocenters. The van der Waals surface area contributed by atoms with E-state index in [1.54, 1.807) is 0 Å². The van der Waals surface area contributed by atoms with Crippen LogP contribution in [0.15, 0.2) is 18.2 Å². The molecule has 0 radical (unpaired) electrons. The van der Waals surface area contributed by atoms with E-state index in [9.17, 15) is 5.11 Å². The number of aliphatic hydroxyl groups is 2. The zero-order valence-electron chi connectivity index (χ0n) is 19.9. The summed E-state index contributed by atoms with van der Waals surface area (Å²) in [5.41, 5.74) is 4.13. The third-order valence-corrected chi connectivity index (χ3v) is 6.06. The number of fused-ring (bicyclic) bond motifs is 1. The van der Waals surface area contributed by atoms with E-state index in [4.69, 9.17) is 19.3 Å². The van der Waals surface area contributed by atoms with Crippen LogP contribution in [0.1, 0.15) is 69.9 Å². The Kier molecular flexibility index (Phi) is 11.3. The van der Waals surface area contributed by atoms with Gasteiger partial charge in [-0.3, -0.25) is 0 Å². The van der Waals surface area contributed by atoms with Crippen LogP contribution >= 0.6 is 0 Å². The number of nitrogens with zero attached hydrogens (tertiary/aromatic N) is 1. The van der Waals surface area contributed by atoms with Crippen molar-refractivity contribution in [3.63, 3.8) is 0 Å². The van der Waals surface area contributed by atoms with Crippen molar-refractivity contribution in [2.75, 3.05) is 64.3 Å². The molecule has 2 rings (SSSR count). The molecule has 0 bridgehead atoms. The van der Waals surface area contributed by atoms with Crippen LogP contribution in [0, 0.1) is 0 Å². The van der Waals surface area contributed by atoms with Gasteiger partial charge in [0.05, 0.1) is 39.6 Å². The highest BCUT2D eigenvalue weighted by atomic mass is 16.5. The number of ether oxygens (including phenoxy) is 3. The molecule has 0 fully saturated rings. The van der Waals surface area contributed by atoms with Crippen molar-refractivity contribution < 1.29 is 24.4 Å². The van der Waals surface area contributed by atoms with Crippen molar-refractivity contribution in [1.29, 1.82) is 0 Å². The topological polar surface area (TPSA) is 71.4 Å². The van der Waals surface area contributed by atoms with Crippen LogP contribution in [-0.2, 0) is 14.2 Å². The highest BCUT2D eigenvalue weighted by molar-refractivity contribution is 5.61. The molecule has 1 atom stereocenters. The predicted octanol–water partition coefficient (Wildman–Crippen LogP) is 3.70. The number of hydrogen-bond donors (Lipinski definition) is 2. The van der Waals surface area contributed by atoms with E-state index < -0.39 is 0 Å². The zero-order chi connectivity index (χ0) is 22.7. The van der Waals surface area contributed by atoms with Gasteiger partial charge in [0.2, 0.25) is 0 Å². The Labute approximate surface area is 188 Å². The molecule has 178 valence electrons. The van der Waals surface area contributed by atoms with Gasteiger partial charge in [0.25, 0.3) is 0 Å². The van der Waals surface area contributed by atoms with Crippen molar-refractivity contribution in [1.82, 2.24) is 0 Å². The van der Waals surface area contributed by atoms with E-state index >= 15 is 0 Å². The molecule has 1 heterocycles. The van der Waals surface area contributed by atoms with Gasteiger partial charge in [0, 0.05) is 31.0 Å².